The number of carboxylic acid groups (broad SMARTS) is 1. The second-order valence-corrected chi connectivity index (χ2v) is 10.6. The van der Waals surface area contributed by atoms with Gasteiger partial charge in [-0.15, -0.1) is 0 Å². The summed E-state index contributed by atoms with van der Waals surface area (Å²) < 4.78 is 35.5. The molecule has 2 aliphatic heterocycles. The SMILES string of the molecule is Cc1cc(Nc2nc(C[C@@]3(C(=O)O)CCN(Cc4cccc(Cl)c4F)[C@H](C)C3)c(F)c(C3COC3)n2)n[nH]1. The van der Waals surface area contributed by atoms with Gasteiger partial charge in [0.25, 0.3) is 0 Å². The van der Waals surface area contributed by atoms with Crippen LogP contribution in [-0.2, 0) is 22.5 Å². The largest absolute Gasteiger partial charge is 0.481 e. The number of benzene rings is 1. The minimum Gasteiger partial charge on any atom is -0.481 e. The van der Waals surface area contributed by atoms with Gasteiger partial charge < -0.3 is 15.2 Å². The number of hydrogen-bond donors (Lipinski definition) is 3. The molecule has 2 atom stereocenters. The van der Waals surface area contributed by atoms with E-state index >= 15 is 4.39 Å². The lowest BCUT2D eigenvalue weighted by atomic mass is 9.72. The van der Waals surface area contributed by atoms with Crippen LogP contribution in [0.5, 0.6) is 0 Å². The Kier molecular flexibility index (Phi) is 7.34. The first-order valence-corrected chi connectivity index (χ1v) is 12.9. The lowest BCUT2D eigenvalue weighted by Gasteiger charge is -2.43. The van der Waals surface area contributed by atoms with Crippen molar-refractivity contribution in [2.24, 2.45) is 5.41 Å². The molecule has 3 aromatic rings. The number of carbonyl (C=O) groups is 1. The Balaban J connectivity index is 1.41. The summed E-state index contributed by atoms with van der Waals surface area (Å²) in [5, 5.41) is 20.3. The van der Waals surface area contributed by atoms with Crippen molar-refractivity contribution in [1.29, 1.82) is 0 Å². The van der Waals surface area contributed by atoms with Gasteiger partial charge in [0.1, 0.15) is 5.82 Å². The molecule has 0 spiro atoms. The number of aryl methyl sites for hydroxylation is 1. The fraction of sp³-hybridized carbons (Fsp3) is 0.462. The lowest BCUT2D eigenvalue weighted by Crippen LogP contribution is -2.50. The maximum Gasteiger partial charge on any atom is 0.310 e. The number of aliphatic carboxylic acids is 1. The van der Waals surface area contributed by atoms with Gasteiger partial charge in [-0.2, -0.15) is 5.10 Å². The highest BCUT2D eigenvalue weighted by atomic mass is 35.5. The van der Waals surface area contributed by atoms with Crippen molar-refractivity contribution in [2.75, 3.05) is 25.1 Å². The minimum atomic E-state index is -1.24. The van der Waals surface area contributed by atoms with Crippen LogP contribution in [0.3, 0.4) is 0 Å². The molecule has 0 saturated carbocycles. The van der Waals surface area contributed by atoms with Gasteiger partial charge in [-0.25, -0.2) is 18.7 Å². The van der Waals surface area contributed by atoms with Gasteiger partial charge in [-0.3, -0.25) is 14.8 Å². The standard InChI is InChI=1S/C26H29ClF2N6O3/c1-14-8-20(34-33-14)31-25-30-19(22(29)23(32-25)17-12-38-13-17)10-26(24(36)37)6-7-35(15(2)9-26)11-16-4-3-5-18(27)21(16)28/h3-5,8,15,17H,6-7,9-13H2,1-2H3,(H,36,37)(H2,30,31,32,33,34)/t15-,26-/m1/s1. The third kappa shape index (κ3) is 5.23. The molecule has 38 heavy (non-hydrogen) atoms. The summed E-state index contributed by atoms with van der Waals surface area (Å²) >= 11 is 5.94. The maximum atomic E-state index is 15.7. The third-order valence-corrected chi connectivity index (χ3v) is 7.76. The van der Waals surface area contributed by atoms with Crippen molar-refractivity contribution in [1.82, 2.24) is 25.1 Å². The van der Waals surface area contributed by atoms with E-state index in [-0.39, 0.29) is 53.6 Å². The summed E-state index contributed by atoms with van der Waals surface area (Å²) in [6.45, 7) is 5.12. The molecule has 3 N–H and O–H groups in total. The summed E-state index contributed by atoms with van der Waals surface area (Å²) in [6.07, 6.45) is 0.397. The first-order valence-electron chi connectivity index (χ1n) is 12.5. The Morgan fingerprint density at radius 2 is 2.11 bits per heavy atom. The summed E-state index contributed by atoms with van der Waals surface area (Å²) in [4.78, 5) is 23.5. The Labute approximate surface area is 223 Å². The zero-order valence-corrected chi connectivity index (χ0v) is 21.9. The Bertz CT molecular complexity index is 1350. The summed E-state index contributed by atoms with van der Waals surface area (Å²) in [6, 6.07) is 6.41. The van der Waals surface area contributed by atoms with Crippen LogP contribution in [0.1, 0.15) is 48.3 Å². The van der Waals surface area contributed by atoms with Crippen molar-refractivity contribution in [3.63, 3.8) is 0 Å². The fourth-order valence-electron chi connectivity index (χ4n) is 5.20. The van der Waals surface area contributed by atoms with Gasteiger partial charge in [0.05, 0.1) is 41.0 Å². The third-order valence-electron chi connectivity index (χ3n) is 7.47. The highest BCUT2D eigenvalue weighted by molar-refractivity contribution is 6.30. The van der Waals surface area contributed by atoms with E-state index in [4.69, 9.17) is 16.3 Å². The van der Waals surface area contributed by atoms with E-state index in [1.165, 1.54) is 6.07 Å². The number of aromatic nitrogens is 4. The zero-order valence-electron chi connectivity index (χ0n) is 21.1. The Hall–Kier alpha value is -3.15. The van der Waals surface area contributed by atoms with Crippen LogP contribution in [0.25, 0.3) is 0 Å². The molecule has 0 radical (unpaired) electrons. The molecule has 9 nitrogen and oxygen atoms in total. The number of nitrogens with one attached hydrogen (secondary N) is 2. The molecule has 5 rings (SSSR count). The number of carboxylic acids is 1. The Morgan fingerprint density at radius 1 is 1.32 bits per heavy atom. The smallest absolute Gasteiger partial charge is 0.310 e. The van der Waals surface area contributed by atoms with Gasteiger partial charge in [0, 0.05) is 36.3 Å². The fourth-order valence-corrected chi connectivity index (χ4v) is 5.39. The highest BCUT2D eigenvalue weighted by Crippen LogP contribution is 2.40. The monoisotopic (exact) mass is 546 g/mol. The molecule has 12 heteroatoms. The predicted molar refractivity (Wildman–Crippen MR) is 136 cm³/mol. The maximum absolute atomic E-state index is 15.7. The van der Waals surface area contributed by atoms with E-state index in [1.54, 1.807) is 18.2 Å². The molecule has 202 valence electrons. The van der Waals surface area contributed by atoms with Crippen LogP contribution in [0.2, 0.25) is 5.02 Å². The molecule has 0 unspecified atom stereocenters. The average molecular weight is 547 g/mol. The molecular formula is C26H29ClF2N6O3. The van der Waals surface area contributed by atoms with Crippen molar-refractivity contribution in [3.05, 3.63) is 63.6 Å². The van der Waals surface area contributed by atoms with Crippen LogP contribution in [-0.4, -0.2) is 61.9 Å². The van der Waals surface area contributed by atoms with Crippen molar-refractivity contribution in [3.8, 4) is 0 Å². The van der Waals surface area contributed by atoms with Crippen LogP contribution in [0.4, 0.5) is 20.5 Å². The second kappa shape index (κ2) is 10.5. The van der Waals surface area contributed by atoms with Gasteiger partial charge >= 0.3 is 5.97 Å². The first-order chi connectivity index (χ1) is 18.1. The number of aromatic amines is 1. The van der Waals surface area contributed by atoms with E-state index in [9.17, 15) is 14.3 Å². The number of anilines is 2. The molecule has 0 amide bonds. The number of halogens is 3. The number of rotatable bonds is 8. The van der Waals surface area contributed by atoms with Crippen molar-refractivity contribution >= 4 is 29.3 Å². The average Bonchev–Trinajstić information content (AvgIpc) is 3.24. The van der Waals surface area contributed by atoms with Crippen LogP contribution < -0.4 is 5.32 Å². The van der Waals surface area contributed by atoms with Crippen LogP contribution in [0, 0.1) is 24.0 Å². The van der Waals surface area contributed by atoms with Crippen molar-refractivity contribution in [2.45, 2.75) is 51.6 Å². The van der Waals surface area contributed by atoms with Gasteiger partial charge in [0.2, 0.25) is 5.95 Å². The lowest BCUT2D eigenvalue weighted by molar-refractivity contribution is -0.153. The molecule has 2 saturated heterocycles. The molecular weight excluding hydrogens is 518 g/mol. The van der Waals surface area contributed by atoms with Crippen molar-refractivity contribution < 1.29 is 23.4 Å². The topological polar surface area (TPSA) is 116 Å². The number of likely N-dealkylation sites (tertiary alicyclic amines) is 1. The molecule has 2 fully saturated rings. The van der Waals surface area contributed by atoms with E-state index < -0.39 is 23.0 Å². The first kappa shape index (κ1) is 26.5. The van der Waals surface area contributed by atoms with Gasteiger partial charge in [-0.1, -0.05) is 23.7 Å². The quantitative estimate of drug-likeness (QED) is 0.375. The molecule has 1 aromatic carbocycles. The van der Waals surface area contributed by atoms with Crippen LogP contribution in [0.15, 0.2) is 24.3 Å². The predicted octanol–water partition coefficient (Wildman–Crippen LogP) is 4.60. The normalized spacial score (nSPS) is 22.3. The number of nitrogens with zero attached hydrogens (tertiary/aromatic N) is 4. The summed E-state index contributed by atoms with van der Waals surface area (Å²) in [5.41, 5.74) is 0.279. The summed E-state index contributed by atoms with van der Waals surface area (Å²) in [7, 11) is 0. The minimum absolute atomic E-state index is 0.0422. The highest BCUT2D eigenvalue weighted by Gasteiger charge is 2.46. The van der Waals surface area contributed by atoms with Gasteiger partial charge in [0.15, 0.2) is 11.6 Å². The second-order valence-electron chi connectivity index (χ2n) is 10.2. The molecule has 2 aromatic heterocycles. The molecule has 2 aliphatic rings. The van der Waals surface area contributed by atoms with E-state index in [2.05, 4.69) is 25.5 Å². The summed E-state index contributed by atoms with van der Waals surface area (Å²) in [5.74, 6) is -1.69. The van der Waals surface area contributed by atoms with E-state index in [1.807, 2.05) is 18.7 Å². The van der Waals surface area contributed by atoms with E-state index in [0.29, 0.717) is 37.7 Å². The van der Waals surface area contributed by atoms with Crippen LogP contribution >= 0.6 is 11.6 Å². The zero-order chi connectivity index (χ0) is 27.0. The molecule has 0 aliphatic carbocycles. The molecule has 0 bridgehead atoms. The number of H-pyrrole nitrogens is 1. The number of ether oxygens (including phenoxy) is 1. The number of hydrogen-bond acceptors (Lipinski definition) is 7. The van der Waals surface area contributed by atoms with E-state index in [0.717, 1.165) is 5.69 Å². The number of piperidine rings is 1. The molecule has 4 heterocycles. The van der Waals surface area contributed by atoms with Gasteiger partial charge in [-0.05, 0) is 39.3 Å². The Morgan fingerprint density at radius 3 is 2.74 bits per heavy atom.